The van der Waals surface area contributed by atoms with Gasteiger partial charge in [-0.1, -0.05) is 40.9 Å². The van der Waals surface area contributed by atoms with Crippen molar-refractivity contribution in [3.05, 3.63) is 63.9 Å². The fraction of sp³-hybridized carbons (Fsp3) is 0.200. The number of halogens is 2. The molecular weight excluding hydrogens is 249 g/mol. The first-order valence-corrected chi connectivity index (χ1v) is 6.18. The van der Waals surface area contributed by atoms with Gasteiger partial charge in [-0.3, -0.25) is 0 Å². The Morgan fingerprint density at radius 1 is 1.06 bits per heavy atom. The van der Waals surface area contributed by atoms with E-state index in [4.69, 9.17) is 11.6 Å². The predicted molar refractivity (Wildman–Crippen MR) is 74.7 cm³/mol. The van der Waals surface area contributed by atoms with Crippen LogP contribution in [0, 0.1) is 19.7 Å². The first-order chi connectivity index (χ1) is 8.54. The first kappa shape index (κ1) is 12.9. The Hall–Kier alpha value is -1.54. The second-order valence-corrected chi connectivity index (χ2v) is 4.91. The Labute approximate surface area is 112 Å². The summed E-state index contributed by atoms with van der Waals surface area (Å²) in [6, 6.07) is 10.9. The van der Waals surface area contributed by atoms with E-state index in [-0.39, 0.29) is 5.82 Å². The van der Waals surface area contributed by atoms with Crippen molar-refractivity contribution in [1.82, 2.24) is 0 Å². The van der Waals surface area contributed by atoms with Crippen LogP contribution in [0.15, 0.2) is 36.4 Å². The highest BCUT2D eigenvalue weighted by molar-refractivity contribution is 6.30. The number of hydrogen-bond donors (Lipinski definition) is 1. The number of aryl methyl sites for hydroxylation is 2. The SMILES string of the molecule is Cc1cc(C)cc(CNc2ccc(Cl)cc2F)c1. The molecule has 0 saturated heterocycles. The Morgan fingerprint density at radius 3 is 2.33 bits per heavy atom. The third-order valence-electron chi connectivity index (χ3n) is 2.70. The van der Waals surface area contributed by atoms with Crippen molar-refractivity contribution < 1.29 is 4.39 Å². The summed E-state index contributed by atoms with van der Waals surface area (Å²) in [5.74, 6) is -0.327. The normalized spacial score (nSPS) is 10.4. The molecule has 1 N–H and O–H groups in total. The van der Waals surface area contributed by atoms with Crippen molar-refractivity contribution in [2.24, 2.45) is 0 Å². The Bertz CT molecular complexity index is 546. The average Bonchev–Trinajstić information content (AvgIpc) is 2.26. The molecule has 0 aromatic heterocycles. The zero-order chi connectivity index (χ0) is 13.1. The van der Waals surface area contributed by atoms with Crippen LogP contribution in [-0.4, -0.2) is 0 Å². The van der Waals surface area contributed by atoms with Gasteiger partial charge in [0.25, 0.3) is 0 Å². The minimum atomic E-state index is -0.327. The van der Waals surface area contributed by atoms with Crippen molar-refractivity contribution in [2.45, 2.75) is 20.4 Å². The fourth-order valence-corrected chi connectivity index (χ4v) is 2.16. The van der Waals surface area contributed by atoms with Gasteiger partial charge in [-0.2, -0.15) is 0 Å². The van der Waals surface area contributed by atoms with Crippen LogP contribution >= 0.6 is 11.6 Å². The zero-order valence-electron chi connectivity index (χ0n) is 10.4. The summed E-state index contributed by atoms with van der Waals surface area (Å²) in [5.41, 5.74) is 4.03. The molecular formula is C15H15ClFN. The minimum absolute atomic E-state index is 0.327. The molecule has 0 bridgehead atoms. The molecule has 18 heavy (non-hydrogen) atoms. The van der Waals surface area contributed by atoms with Crippen LogP contribution in [0.2, 0.25) is 5.02 Å². The molecule has 0 unspecified atom stereocenters. The van der Waals surface area contributed by atoms with Gasteiger partial charge >= 0.3 is 0 Å². The maximum absolute atomic E-state index is 13.6. The summed E-state index contributed by atoms with van der Waals surface area (Å²) in [6.45, 7) is 4.71. The molecule has 94 valence electrons. The summed E-state index contributed by atoms with van der Waals surface area (Å²) in [5, 5.41) is 3.48. The maximum Gasteiger partial charge on any atom is 0.147 e. The number of anilines is 1. The molecule has 0 aliphatic heterocycles. The van der Waals surface area contributed by atoms with Gasteiger partial charge in [0.1, 0.15) is 5.82 Å². The van der Waals surface area contributed by atoms with Crippen molar-refractivity contribution in [3.8, 4) is 0 Å². The molecule has 1 nitrogen and oxygen atoms in total. The van der Waals surface area contributed by atoms with Gasteiger partial charge in [-0.25, -0.2) is 4.39 Å². The second-order valence-electron chi connectivity index (χ2n) is 4.47. The van der Waals surface area contributed by atoms with E-state index in [1.165, 1.54) is 17.2 Å². The van der Waals surface area contributed by atoms with E-state index in [1.807, 2.05) is 0 Å². The van der Waals surface area contributed by atoms with Crippen LogP contribution < -0.4 is 5.32 Å². The van der Waals surface area contributed by atoms with E-state index >= 15 is 0 Å². The topological polar surface area (TPSA) is 12.0 Å². The highest BCUT2D eigenvalue weighted by Gasteiger charge is 2.03. The molecule has 0 amide bonds. The van der Waals surface area contributed by atoms with Crippen LogP contribution in [0.25, 0.3) is 0 Å². The highest BCUT2D eigenvalue weighted by Crippen LogP contribution is 2.20. The number of benzene rings is 2. The standard InChI is InChI=1S/C15H15ClFN/c1-10-5-11(2)7-12(6-10)9-18-15-4-3-13(16)8-14(15)17/h3-8,18H,9H2,1-2H3. The van der Waals surface area contributed by atoms with E-state index in [9.17, 15) is 4.39 Å². The van der Waals surface area contributed by atoms with Gasteiger partial charge in [0.15, 0.2) is 0 Å². The number of nitrogens with one attached hydrogen (secondary N) is 1. The average molecular weight is 264 g/mol. The molecule has 3 heteroatoms. The lowest BCUT2D eigenvalue weighted by molar-refractivity contribution is 0.630. The summed E-state index contributed by atoms with van der Waals surface area (Å²) in [7, 11) is 0. The predicted octanol–water partition coefficient (Wildman–Crippen LogP) is 4.71. The van der Waals surface area contributed by atoms with Crippen LogP contribution in [0.1, 0.15) is 16.7 Å². The third-order valence-corrected chi connectivity index (χ3v) is 2.93. The van der Waals surface area contributed by atoms with E-state index in [1.54, 1.807) is 12.1 Å². The van der Waals surface area contributed by atoms with Crippen LogP contribution in [0.3, 0.4) is 0 Å². The molecule has 0 aliphatic carbocycles. The van der Waals surface area contributed by atoms with E-state index < -0.39 is 0 Å². The molecule has 0 saturated carbocycles. The highest BCUT2D eigenvalue weighted by atomic mass is 35.5. The van der Waals surface area contributed by atoms with Gasteiger partial charge in [0.05, 0.1) is 5.69 Å². The van der Waals surface area contributed by atoms with Crippen molar-refractivity contribution in [3.63, 3.8) is 0 Å². The lowest BCUT2D eigenvalue weighted by atomic mass is 10.1. The quantitative estimate of drug-likeness (QED) is 0.846. The van der Waals surface area contributed by atoms with E-state index in [0.29, 0.717) is 17.3 Å². The maximum atomic E-state index is 13.6. The Morgan fingerprint density at radius 2 is 1.72 bits per heavy atom. The molecule has 0 radical (unpaired) electrons. The third kappa shape index (κ3) is 3.23. The summed E-state index contributed by atoms with van der Waals surface area (Å²) >= 11 is 5.71. The van der Waals surface area contributed by atoms with Crippen molar-refractivity contribution in [2.75, 3.05) is 5.32 Å². The van der Waals surface area contributed by atoms with E-state index in [0.717, 1.165) is 5.56 Å². The van der Waals surface area contributed by atoms with Gasteiger partial charge in [-0.05, 0) is 37.6 Å². The van der Waals surface area contributed by atoms with Crippen molar-refractivity contribution >= 4 is 17.3 Å². The molecule has 0 heterocycles. The summed E-state index contributed by atoms with van der Waals surface area (Å²) in [6.07, 6.45) is 0. The van der Waals surface area contributed by atoms with Gasteiger partial charge in [0, 0.05) is 11.6 Å². The van der Waals surface area contributed by atoms with Crippen LogP contribution in [0.5, 0.6) is 0 Å². The van der Waals surface area contributed by atoms with Gasteiger partial charge < -0.3 is 5.32 Å². The molecule has 2 rings (SSSR count). The molecule has 0 fully saturated rings. The smallest absolute Gasteiger partial charge is 0.147 e. The molecule has 2 aromatic carbocycles. The Kier molecular flexibility index (Phi) is 3.87. The largest absolute Gasteiger partial charge is 0.379 e. The Balaban J connectivity index is 2.11. The fourth-order valence-electron chi connectivity index (χ4n) is 2.00. The first-order valence-electron chi connectivity index (χ1n) is 5.81. The second kappa shape index (κ2) is 5.40. The lowest BCUT2D eigenvalue weighted by Crippen LogP contribution is -2.02. The summed E-state index contributed by atoms with van der Waals surface area (Å²) < 4.78 is 13.6. The van der Waals surface area contributed by atoms with E-state index in [2.05, 4.69) is 37.4 Å². The van der Waals surface area contributed by atoms with Gasteiger partial charge in [0.2, 0.25) is 0 Å². The molecule has 0 aliphatic rings. The summed E-state index contributed by atoms with van der Waals surface area (Å²) in [4.78, 5) is 0. The monoisotopic (exact) mass is 263 g/mol. The number of rotatable bonds is 3. The molecule has 0 atom stereocenters. The van der Waals surface area contributed by atoms with Crippen LogP contribution in [0.4, 0.5) is 10.1 Å². The lowest BCUT2D eigenvalue weighted by Gasteiger charge is -2.09. The minimum Gasteiger partial charge on any atom is -0.379 e. The number of hydrogen-bond acceptors (Lipinski definition) is 1. The molecule has 0 spiro atoms. The van der Waals surface area contributed by atoms with Crippen LogP contribution in [-0.2, 0) is 6.54 Å². The molecule has 2 aromatic rings. The van der Waals surface area contributed by atoms with Crippen molar-refractivity contribution in [1.29, 1.82) is 0 Å². The van der Waals surface area contributed by atoms with Gasteiger partial charge in [-0.15, -0.1) is 0 Å². The zero-order valence-corrected chi connectivity index (χ0v) is 11.2.